The molecular weight excluding hydrogens is 252 g/mol. The summed E-state index contributed by atoms with van der Waals surface area (Å²) in [7, 11) is 0. The van der Waals surface area contributed by atoms with Gasteiger partial charge in [-0.25, -0.2) is 0 Å². The average Bonchev–Trinajstić information content (AvgIpc) is 3.13. The number of hydrogen-bond donors (Lipinski definition) is 3. The van der Waals surface area contributed by atoms with Crippen molar-refractivity contribution in [3.8, 4) is 0 Å². The predicted octanol–water partition coefficient (Wildman–Crippen LogP) is 1.84. The maximum Gasteiger partial charge on any atom is 0.274 e. The summed E-state index contributed by atoms with van der Waals surface area (Å²) in [6.45, 7) is 1.97. The second-order valence-electron chi connectivity index (χ2n) is 5.15. The zero-order valence-corrected chi connectivity index (χ0v) is 11.4. The van der Waals surface area contributed by atoms with E-state index in [-0.39, 0.29) is 11.9 Å². The topological polar surface area (TPSA) is 83.8 Å². The number of aryl methyl sites for hydroxylation is 1. The Hall–Kier alpha value is -2.30. The summed E-state index contributed by atoms with van der Waals surface area (Å²) >= 11 is 0. The molecule has 3 rings (SSSR count). The van der Waals surface area contributed by atoms with E-state index in [0.717, 1.165) is 18.5 Å². The molecule has 2 unspecified atom stereocenters. The average molecular weight is 270 g/mol. The summed E-state index contributed by atoms with van der Waals surface area (Å²) in [5.74, 6) is 0.216. The Balaban J connectivity index is 1.65. The van der Waals surface area contributed by atoms with Crippen molar-refractivity contribution in [2.75, 3.05) is 5.73 Å². The highest BCUT2D eigenvalue weighted by atomic mass is 16.2. The molecule has 1 heterocycles. The van der Waals surface area contributed by atoms with Crippen LogP contribution in [-0.4, -0.2) is 22.1 Å². The summed E-state index contributed by atoms with van der Waals surface area (Å²) in [5, 5.41) is 9.80. The number of nitrogens with one attached hydrogen (secondary N) is 2. The number of carbonyl (C=O) groups excluding carboxylic acids is 1. The molecule has 0 spiro atoms. The van der Waals surface area contributed by atoms with Crippen LogP contribution in [0.25, 0.3) is 0 Å². The number of nitrogens with zero attached hydrogens (tertiary/aromatic N) is 1. The van der Waals surface area contributed by atoms with Crippen LogP contribution in [0.2, 0.25) is 0 Å². The van der Waals surface area contributed by atoms with Crippen molar-refractivity contribution < 1.29 is 4.79 Å². The summed E-state index contributed by atoms with van der Waals surface area (Å²) in [5.41, 5.74) is 8.74. The lowest BCUT2D eigenvalue weighted by atomic mass is 10.1. The second kappa shape index (κ2) is 5.00. The Kier molecular flexibility index (Phi) is 3.18. The van der Waals surface area contributed by atoms with E-state index in [2.05, 4.69) is 27.6 Å². The molecule has 0 radical (unpaired) electrons. The standard InChI is InChI=1S/C15H18N4O/c1-2-11-13(16)14(19-18-11)15(20)17-12-8-10(12)9-6-4-3-5-7-9/h3-7,10,12H,2,8,16H2,1H3,(H,17,20)(H,18,19). The fourth-order valence-corrected chi connectivity index (χ4v) is 2.49. The van der Waals surface area contributed by atoms with Crippen molar-refractivity contribution in [1.29, 1.82) is 0 Å². The van der Waals surface area contributed by atoms with Crippen molar-refractivity contribution >= 4 is 11.6 Å². The SMILES string of the molecule is CCc1[nH]nc(C(=O)NC2CC2c2ccccc2)c1N. The van der Waals surface area contributed by atoms with Gasteiger partial charge in [-0.2, -0.15) is 5.10 Å². The van der Waals surface area contributed by atoms with E-state index < -0.39 is 0 Å². The van der Waals surface area contributed by atoms with Gasteiger partial charge in [-0.15, -0.1) is 0 Å². The van der Waals surface area contributed by atoms with E-state index in [4.69, 9.17) is 5.73 Å². The first-order valence-corrected chi connectivity index (χ1v) is 6.89. The number of amides is 1. The summed E-state index contributed by atoms with van der Waals surface area (Å²) < 4.78 is 0. The van der Waals surface area contributed by atoms with Crippen molar-refractivity contribution in [1.82, 2.24) is 15.5 Å². The molecule has 2 atom stereocenters. The van der Waals surface area contributed by atoms with E-state index in [1.165, 1.54) is 5.56 Å². The Morgan fingerprint density at radius 3 is 2.85 bits per heavy atom. The van der Waals surface area contributed by atoms with E-state index >= 15 is 0 Å². The van der Waals surface area contributed by atoms with Gasteiger partial charge in [-0.05, 0) is 18.4 Å². The van der Waals surface area contributed by atoms with Crippen LogP contribution in [0.3, 0.4) is 0 Å². The van der Waals surface area contributed by atoms with Crippen LogP contribution in [0.1, 0.15) is 41.0 Å². The third-order valence-corrected chi connectivity index (χ3v) is 3.79. The number of anilines is 1. The molecule has 1 aliphatic rings. The number of hydrogen-bond acceptors (Lipinski definition) is 3. The fraction of sp³-hybridized carbons (Fsp3) is 0.333. The van der Waals surface area contributed by atoms with Gasteiger partial charge in [0.15, 0.2) is 5.69 Å². The highest BCUT2D eigenvalue weighted by molar-refractivity contribution is 5.98. The van der Waals surface area contributed by atoms with Gasteiger partial charge in [0, 0.05) is 12.0 Å². The molecule has 0 saturated heterocycles. The minimum atomic E-state index is -0.193. The fourth-order valence-electron chi connectivity index (χ4n) is 2.49. The van der Waals surface area contributed by atoms with Gasteiger partial charge >= 0.3 is 0 Å². The molecule has 0 bridgehead atoms. The maximum absolute atomic E-state index is 12.1. The number of aromatic amines is 1. The number of benzene rings is 1. The highest BCUT2D eigenvalue weighted by Crippen LogP contribution is 2.40. The zero-order chi connectivity index (χ0) is 14.1. The van der Waals surface area contributed by atoms with Gasteiger partial charge in [0.25, 0.3) is 5.91 Å². The lowest BCUT2D eigenvalue weighted by Crippen LogP contribution is -2.27. The van der Waals surface area contributed by atoms with Gasteiger partial charge in [0.1, 0.15) is 0 Å². The molecule has 1 saturated carbocycles. The summed E-state index contributed by atoms with van der Waals surface area (Å²) in [4.78, 5) is 12.1. The van der Waals surface area contributed by atoms with Gasteiger partial charge < -0.3 is 11.1 Å². The number of rotatable bonds is 4. The van der Waals surface area contributed by atoms with Gasteiger partial charge in [-0.3, -0.25) is 9.89 Å². The van der Waals surface area contributed by atoms with Gasteiger partial charge in [-0.1, -0.05) is 37.3 Å². The third kappa shape index (κ3) is 2.27. The van der Waals surface area contributed by atoms with Crippen LogP contribution in [0.4, 0.5) is 5.69 Å². The van der Waals surface area contributed by atoms with Crippen molar-refractivity contribution in [2.45, 2.75) is 31.7 Å². The first-order chi connectivity index (χ1) is 9.70. The molecule has 5 heteroatoms. The zero-order valence-electron chi connectivity index (χ0n) is 11.4. The quantitative estimate of drug-likeness (QED) is 0.792. The smallest absolute Gasteiger partial charge is 0.274 e. The molecule has 1 aromatic heterocycles. The lowest BCUT2D eigenvalue weighted by Gasteiger charge is -2.03. The van der Waals surface area contributed by atoms with Crippen LogP contribution in [0.15, 0.2) is 30.3 Å². The van der Waals surface area contributed by atoms with Crippen LogP contribution in [-0.2, 0) is 6.42 Å². The molecule has 4 N–H and O–H groups in total. The second-order valence-corrected chi connectivity index (χ2v) is 5.15. The first kappa shape index (κ1) is 12.7. The van der Waals surface area contributed by atoms with Crippen LogP contribution < -0.4 is 11.1 Å². The Labute approximate surface area is 117 Å². The van der Waals surface area contributed by atoms with Crippen LogP contribution >= 0.6 is 0 Å². The van der Waals surface area contributed by atoms with E-state index in [9.17, 15) is 4.79 Å². The Morgan fingerprint density at radius 1 is 1.45 bits per heavy atom. The van der Waals surface area contributed by atoms with Crippen molar-refractivity contribution in [2.24, 2.45) is 0 Å². The number of H-pyrrole nitrogens is 1. The highest BCUT2D eigenvalue weighted by Gasteiger charge is 2.40. The van der Waals surface area contributed by atoms with E-state index in [1.807, 2.05) is 25.1 Å². The molecule has 104 valence electrons. The molecule has 1 fully saturated rings. The van der Waals surface area contributed by atoms with E-state index in [1.54, 1.807) is 0 Å². The lowest BCUT2D eigenvalue weighted by molar-refractivity contribution is 0.0946. The van der Waals surface area contributed by atoms with Crippen LogP contribution in [0, 0.1) is 0 Å². The largest absolute Gasteiger partial charge is 0.395 e. The normalized spacial score (nSPS) is 20.6. The molecule has 20 heavy (non-hydrogen) atoms. The molecule has 1 aromatic carbocycles. The summed E-state index contributed by atoms with van der Waals surface area (Å²) in [6.07, 6.45) is 1.71. The third-order valence-electron chi connectivity index (χ3n) is 3.79. The Bertz CT molecular complexity index is 620. The van der Waals surface area contributed by atoms with E-state index in [0.29, 0.717) is 17.3 Å². The number of aromatic nitrogens is 2. The minimum absolute atomic E-state index is 0.186. The van der Waals surface area contributed by atoms with Crippen molar-refractivity contribution in [3.05, 3.63) is 47.3 Å². The minimum Gasteiger partial charge on any atom is -0.395 e. The van der Waals surface area contributed by atoms with Gasteiger partial charge in [0.05, 0.1) is 11.4 Å². The summed E-state index contributed by atoms with van der Waals surface area (Å²) in [6, 6.07) is 10.4. The van der Waals surface area contributed by atoms with Crippen LogP contribution in [0.5, 0.6) is 0 Å². The molecule has 1 amide bonds. The molecule has 2 aromatic rings. The monoisotopic (exact) mass is 270 g/mol. The molecule has 1 aliphatic carbocycles. The molecular formula is C15H18N4O. The Morgan fingerprint density at radius 2 is 2.20 bits per heavy atom. The predicted molar refractivity (Wildman–Crippen MR) is 77.4 cm³/mol. The molecule has 0 aliphatic heterocycles. The molecule has 5 nitrogen and oxygen atoms in total. The number of nitrogen functional groups attached to an aromatic ring is 1. The number of carbonyl (C=O) groups is 1. The maximum atomic E-state index is 12.1. The number of nitrogens with two attached hydrogens (primary N) is 1. The van der Waals surface area contributed by atoms with Crippen molar-refractivity contribution in [3.63, 3.8) is 0 Å². The first-order valence-electron chi connectivity index (χ1n) is 6.89. The van der Waals surface area contributed by atoms with Gasteiger partial charge in [0.2, 0.25) is 0 Å².